The molecule has 2 aromatic rings. The summed E-state index contributed by atoms with van der Waals surface area (Å²) in [6.45, 7) is 3.55. The highest BCUT2D eigenvalue weighted by Crippen LogP contribution is 2.05. The van der Waals surface area contributed by atoms with Crippen molar-refractivity contribution in [3.8, 4) is 0 Å². The van der Waals surface area contributed by atoms with Gasteiger partial charge >= 0.3 is 0 Å². The first kappa shape index (κ1) is 9.92. The fourth-order valence-corrected chi connectivity index (χ4v) is 1.35. The molecule has 0 aromatic carbocycles. The van der Waals surface area contributed by atoms with Gasteiger partial charge in [0.1, 0.15) is 23.7 Å². The molecule has 0 unspecified atom stereocenters. The molecule has 0 fully saturated rings. The smallest absolute Gasteiger partial charge is 0.137 e. The van der Waals surface area contributed by atoms with E-state index < -0.39 is 0 Å². The minimum atomic E-state index is 0.752. The van der Waals surface area contributed by atoms with Crippen molar-refractivity contribution in [1.29, 1.82) is 0 Å². The Morgan fingerprint density at radius 2 is 2.40 bits per heavy atom. The van der Waals surface area contributed by atoms with Crippen molar-refractivity contribution < 1.29 is 4.42 Å². The van der Waals surface area contributed by atoms with Crippen molar-refractivity contribution in [1.82, 2.24) is 20.5 Å². The van der Waals surface area contributed by atoms with Crippen LogP contribution in [0.15, 0.2) is 22.9 Å². The van der Waals surface area contributed by atoms with Crippen LogP contribution in [0.25, 0.3) is 0 Å². The highest BCUT2D eigenvalue weighted by atomic mass is 16.3. The predicted octanol–water partition coefficient (Wildman–Crippen LogP) is 1.04. The summed E-state index contributed by atoms with van der Waals surface area (Å²) < 4.78 is 5.42. The molecule has 15 heavy (non-hydrogen) atoms. The van der Waals surface area contributed by atoms with Gasteiger partial charge in [0.25, 0.3) is 0 Å². The summed E-state index contributed by atoms with van der Waals surface area (Å²) in [6.07, 6.45) is 2.37. The molecule has 0 atom stereocenters. The summed E-state index contributed by atoms with van der Waals surface area (Å²) >= 11 is 0. The number of aryl methyl sites for hydroxylation is 1. The van der Waals surface area contributed by atoms with Crippen LogP contribution in [0.5, 0.6) is 0 Å². The molecular formula is C10H14N4O. The molecule has 2 aromatic heterocycles. The number of rotatable bonds is 5. The number of H-pyrrole nitrogens is 1. The van der Waals surface area contributed by atoms with Crippen LogP contribution >= 0.6 is 0 Å². The Morgan fingerprint density at radius 3 is 3.07 bits per heavy atom. The topological polar surface area (TPSA) is 66.7 Å². The quantitative estimate of drug-likeness (QED) is 0.717. The number of aromatic nitrogens is 3. The Morgan fingerprint density at radius 1 is 1.47 bits per heavy atom. The highest BCUT2D eigenvalue weighted by Gasteiger charge is 1.98. The van der Waals surface area contributed by atoms with E-state index in [4.69, 9.17) is 4.42 Å². The second-order valence-corrected chi connectivity index (χ2v) is 3.37. The molecule has 2 rings (SSSR count). The predicted molar refractivity (Wildman–Crippen MR) is 55.2 cm³/mol. The Balaban J connectivity index is 1.67. The van der Waals surface area contributed by atoms with Gasteiger partial charge in [0, 0.05) is 13.0 Å². The normalized spacial score (nSPS) is 10.7. The second kappa shape index (κ2) is 4.75. The molecule has 0 amide bonds. The van der Waals surface area contributed by atoms with Crippen LogP contribution in [0, 0.1) is 6.92 Å². The maximum Gasteiger partial charge on any atom is 0.137 e. The fourth-order valence-electron chi connectivity index (χ4n) is 1.35. The van der Waals surface area contributed by atoms with E-state index in [1.807, 2.05) is 19.1 Å². The van der Waals surface area contributed by atoms with Crippen LogP contribution in [0.3, 0.4) is 0 Å². The molecule has 2 heterocycles. The van der Waals surface area contributed by atoms with Gasteiger partial charge in [-0.15, -0.1) is 0 Å². The molecule has 0 aliphatic rings. The van der Waals surface area contributed by atoms with E-state index in [9.17, 15) is 0 Å². The van der Waals surface area contributed by atoms with Crippen LogP contribution in [0.2, 0.25) is 0 Å². The summed E-state index contributed by atoms with van der Waals surface area (Å²) in [5.41, 5.74) is 0. The van der Waals surface area contributed by atoms with Gasteiger partial charge in [-0.05, 0) is 19.1 Å². The Kier molecular flexibility index (Phi) is 3.14. The van der Waals surface area contributed by atoms with E-state index in [2.05, 4.69) is 20.5 Å². The average molecular weight is 206 g/mol. The fraction of sp³-hybridized carbons (Fsp3) is 0.400. The number of hydrogen-bond acceptors (Lipinski definition) is 4. The van der Waals surface area contributed by atoms with Crippen LogP contribution in [-0.4, -0.2) is 21.7 Å². The van der Waals surface area contributed by atoms with Crippen LogP contribution in [0.4, 0.5) is 0 Å². The van der Waals surface area contributed by atoms with Crippen molar-refractivity contribution >= 4 is 0 Å². The van der Waals surface area contributed by atoms with Gasteiger partial charge in [0.2, 0.25) is 0 Å². The molecule has 0 bridgehead atoms. The lowest BCUT2D eigenvalue weighted by Gasteiger charge is -2.00. The lowest BCUT2D eigenvalue weighted by Crippen LogP contribution is -2.16. The third kappa shape index (κ3) is 2.92. The monoisotopic (exact) mass is 206 g/mol. The van der Waals surface area contributed by atoms with Gasteiger partial charge in [0.05, 0.1) is 6.54 Å². The first-order chi connectivity index (χ1) is 7.34. The summed E-state index contributed by atoms with van der Waals surface area (Å²) in [5.74, 6) is 2.81. The Labute approximate surface area is 87.9 Å². The zero-order valence-electron chi connectivity index (χ0n) is 8.66. The van der Waals surface area contributed by atoms with Gasteiger partial charge in [-0.1, -0.05) is 0 Å². The van der Waals surface area contributed by atoms with Crippen molar-refractivity contribution in [2.45, 2.75) is 19.9 Å². The van der Waals surface area contributed by atoms with Crippen molar-refractivity contribution in [2.24, 2.45) is 0 Å². The van der Waals surface area contributed by atoms with Crippen LogP contribution in [-0.2, 0) is 13.0 Å². The van der Waals surface area contributed by atoms with Crippen molar-refractivity contribution in [3.63, 3.8) is 0 Å². The second-order valence-electron chi connectivity index (χ2n) is 3.37. The van der Waals surface area contributed by atoms with E-state index in [1.165, 1.54) is 6.33 Å². The first-order valence-corrected chi connectivity index (χ1v) is 4.95. The van der Waals surface area contributed by atoms with E-state index >= 15 is 0 Å². The molecule has 0 aliphatic carbocycles. The molecule has 80 valence electrons. The van der Waals surface area contributed by atoms with Gasteiger partial charge in [-0.3, -0.25) is 5.10 Å². The Hall–Kier alpha value is -1.62. The van der Waals surface area contributed by atoms with Gasteiger partial charge in [0.15, 0.2) is 0 Å². The van der Waals surface area contributed by atoms with Gasteiger partial charge in [-0.2, -0.15) is 5.10 Å². The molecular weight excluding hydrogens is 192 g/mol. The molecule has 2 N–H and O–H groups in total. The van der Waals surface area contributed by atoms with Crippen molar-refractivity contribution in [2.75, 3.05) is 6.54 Å². The first-order valence-electron chi connectivity index (χ1n) is 4.95. The number of nitrogens with one attached hydrogen (secondary N) is 2. The minimum Gasteiger partial charge on any atom is -0.465 e. The summed E-state index contributed by atoms with van der Waals surface area (Å²) in [6, 6.07) is 3.95. The average Bonchev–Trinajstić information content (AvgIpc) is 2.84. The summed E-state index contributed by atoms with van der Waals surface area (Å²) in [4.78, 5) is 4.03. The third-order valence-electron chi connectivity index (χ3n) is 2.10. The van der Waals surface area contributed by atoms with Gasteiger partial charge in [-0.25, -0.2) is 4.98 Å². The molecule has 5 heteroatoms. The molecule has 5 nitrogen and oxygen atoms in total. The number of aromatic amines is 1. The Bertz CT molecular complexity index is 393. The third-order valence-corrected chi connectivity index (χ3v) is 2.10. The summed E-state index contributed by atoms with van der Waals surface area (Å²) in [7, 11) is 0. The van der Waals surface area contributed by atoms with E-state index in [0.717, 1.165) is 36.9 Å². The standard InChI is InChI=1S/C10H14N4O/c1-8-2-3-9(15-8)6-11-5-4-10-12-7-13-14-10/h2-3,7,11H,4-6H2,1H3,(H,12,13,14). The zero-order chi connectivity index (χ0) is 10.5. The maximum atomic E-state index is 5.42. The van der Waals surface area contributed by atoms with E-state index in [1.54, 1.807) is 0 Å². The zero-order valence-corrected chi connectivity index (χ0v) is 8.66. The molecule has 0 saturated heterocycles. The maximum absolute atomic E-state index is 5.42. The van der Waals surface area contributed by atoms with Crippen LogP contribution < -0.4 is 5.32 Å². The minimum absolute atomic E-state index is 0.752. The molecule has 0 radical (unpaired) electrons. The SMILES string of the molecule is Cc1ccc(CNCCc2ncn[nH]2)o1. The van der Waals surface area contributed by atoms with E-state index in [-0.39, 0.29) is 0 Å². The number of furan rings is 1. The van der Waals surface area contributed by atoms with Crippen LogP contribution in [0.1, 0.15) is 17.3 Å². The van der Waals surface area contributed by atoms with Crippen molar-refractivity contribution in [3.05, 3.63) is 35.8 Å². The van der Waals surface area contributed by atoms with Gasteiger partial charge < -0.3 is 9.73 Å². The largest absolute Gasteiger partial charge is 0.465 e. The highest BCUT2D eigenvalue weighted by molar-refractivity contribution is 5.05. The number of nitrogens with zero attached hydrogens (tertiary/aromatic N) is 2. The molecule has 0 spiro atoms. The lowest BCUT2D eigenvalue weighted by molar-refractivity contribution is 0.462. The van der Waals surface area contributed by atoms with E-state index in [0.29, 0.717) is 0 Å². The summed E-state index contributed by atoms with van der Waals surface area (Å²) in [5, 5.41) is 9.87. The molecule has 0 saturated carbocycles. The number of hydrogen-bond donors (Lipinski definition) is 2. The lowest BCUT2D eigenvalue weighted by atomic mass is 10.4. The molecule has 0 aliphatic heterocycles.